The molecule has 1 heteroatoms. The largest absolute Gasteiger partial charge is 0.299 e. The summed E-state index contributed by atoms with van der Waals surface area (Å²) in [6.45, 7) is 7.75. The van der Waals surface area contributed by atoms with E-state index in [1.807, 2.05) is 0 Å². The Morgan fingerprint density at radius 2 is 2.00 bits per heavy atom. The topological polar surface area (TPSA) is 17.1 Å². The minimum absolute atomic E-state index is 0.150. The molecule has 0 saturated heterocycles. The molecule has 0 radical (unpaired) electrons. The fraction of sp³-hybridized carbons (Fsp3) is 0.444. The van der Waals surface area contributed by atoms with Gasteiger partial charge in [-0.15, -0.1) is 0 Å². The molecule has 2 atom stereocenters. The maximum atomic E-state index is 11.1. The summed E-state index contributed by atoms with van der Waals surface area (Å²) in [5.74, 6) is 0.977. The summed E-state index contributed by atoms with van der Waals surface area (Å²) in [6, 6.07) is 0. The van der Waals surface area contributed by atoms with Gasteiger partial charge in [-0.2, -0.15) is 0 Å². The van der Waals surface area contributed by atoms with Crippen LogP contribution in [0.1, 0.15) is 12.8 Å². The summed E-state index contributed by atoms with van der Waals surface area (Å²) in [5, 5.41) is 0. The summed E-state index contributed by atoms with van der Waals surface area (Å²) in [5.41, 5.74) is 2.13. The first kappa shape index (κ1) is 5.90. The highest BCUT2D eigenvalue weighted by molar-refractivity contribution is 5.90. The number of Topliss-reactive ketones (excluding diaryl/α,β-unsaturated/α-hetero) is 1. The summed E-state index contributed by atoms with van der Waals surface area (Å²) < 4.78 is 0. The molecule has 1 unspecified atom stereocenters. The lowest BCUT2D eigenvalue weighted by Gasteiger charge is -2.12. The highest BCUT2D eigenvalue weighted by atomic mass is 16.1. The molecule has 0 aromatic carbocycles. The minimum Gasteiger partial charge on any atom is -0.299 e. The molecule has 0 amide bonds. The van der Waals surface area contributed by atoms with E-state index in [-0.39, 0.29) is 5.92 Å². The van der Waals surface area contributed by atoms with Crippen molar-refractivity contribution in [3.8, 4) is 0 Å². The molecular weight excluding hydrogens is 124 g/mol. The Kier molecular flexibility index (Phi) is 0.942. The monoisotopic (exact) mass is 134 g/mol. The molecule has 2 bridgehead atoms. The summed E-state index contributed by atoms with van der Waals surface area (Å²) in [6.07, 6.45) is 1.72. The Bertz CT molecular complexity index is 237. The molecule has 0 aromatic rings. The molecule has 2 fully saturated rings. The van der Waals surface area contributed by atoms with Gasteiger partial charge in [-0.1, -0.05) is 13.2 Å². The van der Waals surface area contributed by atoms with Crippen molar-refractivity contribution in [3.63, 3.8) is 0 Å². The Morgan fingerprint density at radius 1 is 1.30 bits per heavy atom. The van der Waals surface area contributed by atoms with Gasteiger partial charge in [0.1, 0.15) is 5.78 Å². The first-order chi connectivity index (χ1) is 4.70. The zero-order chi connectivity index (χ0) is 7.30. The first-order valence-electron chi connectivity index (χ1n) is 3.61. The highest BCUT2D eigenvalue weighted by Gasteiger charge is 2.43. The van der Waals surface area contributed by atoms with Crippen molar-refractivity contribution in [3.05, 3.63) is 24.3 Å². The Hall–Kier alpha value is -0.850. The molecule has 10 heavy (non-hydrogen) atoms. The van der Waals surface area contributed by atoms with E-state index in [0.717, 1.165) is 24.0 Å². The van der Waals surface area contributed by atoms with E-state index < -0.39 is 0 Å². The SMILES string of the molecule is C=C1C(=C)[C@H]2CC1CC2=O. The lowest BCUT2D eigenvalue weighted by molar-refractivity contribution is -0.120. The average molecular weight is 134 g/mol. The number of ketones is 1. The van der Waals surface area contributed by atoms with Gasteiger partial charge in [0.15, 0.2) is 0 Å². The number of allylic oxidation sites excluding steroid dienone is 2. The quantitative estimate of drug-likeness (QED) is 0.493. The number of carbonyl (C=O) groups excluding carboxylic acids is 1. The summed E-state index contributed by atoms with van der Waals surface area (Å²) in [7, 11) is 0. The lowest BCUT2D eigenvalue weighted by atomic mass is 9.91. The minimum atomic E-state index is 0.150. The van der Waals surface area contributed by atoms with Crippen molar-refractivity contribution in [1.29, 1.82) is 0 Å². The van der Waals surface area contributed by atoms with Crippen LogP contribution in [0.2, 0.25) is 0 Å². The second-order valence-corrected chi connectivity index (χ2v) is 3.21. The van der Waals surface area contributed by atoms with Crippen molar-refractivity contribution < 1.29 is 4.79 Å². The van der Waals surface area contributed by atoms with Crippen molar-refractivity contribution in [1.82, 2.24) is 0 Å². The fourth-order valence-electron chi connectivity index (χ4n) is 1.97. The van der Waals surface area contributed by atoms with E-state index in [2.05, 4.69) is 13.2 Å². The van der Waals surface area contributed by atoms with Crippen LogP contribution in [-0.2, 0) is 4.79 Å². The predicted octanol–water partition coefficient (Wildman–Crippen LogP) is 1.71. The van der Waals surface area contributed by atoms with E-state index >= 15 is 0 Å². The van der Waals surface area contributed by atoms with E-state index in [9.17, 15) is 4.79 Å². The molecule has 0 aliphatic heterocycles. The molecule has 0 heterocycles. The highest BCUT2D eigenvalue weighted by Crippen LogP contribution is 2.47. The Balaban J connectivity index is 2.41. The van der Waals surface area contributed by atoms with Crippen LogP contribution in [0, 0.1) is 11.8 Å². The van der Waals surface area contributed by atoms with Gasteiger partial charge in [0, 0.05) is 12.3 Å². The van der Waals surface area contributed by atoms with Crippen LogP contribution < -0.4 is 0 Å². The molecule has 0 N–H and O–H groups in total. The predicted molar refractivity (Wildman–Crippen MR) is 39.5 cm³/mol. The van der Waals surface area contributed by atoms with Gasteiger partial charge in [0.05, 0.1) is 0 Å². The third-order valence-electron chi connectivity index (χ3n) is 2.68. The molecule has 2 saturated carbocycles. The molecule has 1 nitrogen and oxygen atoms in total. The summed E-state index contributed by atoms with van der Waals surface area (Å²) in [4.78, 5) is 11.1. The number of hydrogen-bond acceptors (Lipinski definition) is 1. The van der Waals surface area contributed by atoms with Crippen LogP contribution >= 0.6 is 0 Å². The second-order valence-electron chi connectivity index (χ2n) is 3.21. The molecule has 2 aliphatic rings. The zero-order valence-corrected chi connectivity index (χ0v) is 5.89. The lowest BCUT2D eigenvalue weighted by Crippen LogP contribution is -2.11. The van der Waals surface area contributed by atoms with Crippen LogP contribution in [0.15, 0.2) is 24.3 Å². The van der Waals surface area contributed by atoms with Gasteiger partial charge in [-0.05, 0) is 23.5 Å². The Labute approximate surface area is 60.4 Å². The average Bonchev–Trinajstić information content (AvgIpc) is 2.36. The van der Waals surface area contributed by atoms with Crippen LogP contribution in [0.3, 0.4) is 0 Å². The van der Waals surface area contributed by atoms with E-state index in [4.69, 9.17) is 0 Å². The number of rotatable bonds is 0. The Morgan fingerprint density at radius 3 is 2.40 bits per heavy atom. The van der Waals surface area contributed by atoms with Gasteiger partial charge in [0.2, 0.25) is 0 Å². The maximum Gasteiger partial charge on any atom is 0.140 e. The third kappa shape index (κ3) is 0.505. The van der Waals surface area contributed by atoms with Crippen LogP contribution in [0.5, 0.6) is 0 Å². The summed E-state index contributed by atoms with van der Waals surface area (Å²) >= 11 is 0. The van der Waals surface area contributed by atoms with Crippen molar-refractivity contribution in [2.24, 2.45) is 11.8 Å². The van der Waals surface area contributed by atoms with E-state index in [1.165, 1.54) is 0 Å². The van der Waals surface area contributed by atoms with Crippen LogP contribution in [0.4, 0.5) is 0 Å². The van der Waals surface area contributed by atoms with E-state index in [1.54, 1.807) is 0 Å². The second kappa shape index (κ2) is 1.60. The number of hydrogen-bond donors (Lipinski definition) is 0. The van der Waals surface area contributed by atoms with E-state index in [0.29, 0.717) is 11.7 Å². The smallest absolute Gasteiger partial charge is 0.140 e. The van der Waals surface area contributed by atoms with Crippen LogP contribution in [-0.4, -0.2) is 5.78 Å². The number of fused-ring (bicyclic) bond motifs is 2. The van der Waals surface area contributed by atoms with Crippen molar-refractivity contribution >= 4 is 5.78 Å². The molecule has 0 aromatic heterocycles. The molecule has 52 valence electrons. The molecular formula is C9H10O. The first-order valence-corrected chi connectivity index (χ1v) is 3.61. The van der Waals surface area contributed by atoms with Gasteiger partial charge >= 0.3 is 0 Å². The standard InChI is InChI=1S/C9H10O/c1-5-6(2)8-3-7(5)4-9(8)10/h7-8H,1-4H2/t7?,8-/m1/s1. The van der Waals surface area contributed by atoms with Gasteiger partial charge in [0.25, 0.3) is 0 Å². The van der Waals surface area contributed by atoms with Crippen molar-refractivity contribution in [2.45, 2.75) is 12.8 Å². The van der Waals surface area contributed by atoms with Crippen molar-refractivity contribution in [2.75, 3.05) is 0 Å². The van der Waals surface area contributed by atoms with Crippen LogP contribution in [0.25, 0.3) is 0 Å². The maximum absolute atomic E-state index is 11.1. The normalized spacial score (nSPS) is 37.8. The third-order valence-corrected chi connectivity index (χ3v) is 2.68. The van der Waals surface area contributed by atoms with Gasteiger partial charge < -0.3 is 0 Å². The van der Waals surface area contributed by atoms with Gasteiger partial charge in [-0.3, -0.25) is 4.79 Å². The molecule has 2 aliphatic carbocycles. The zero-order valence-electron chi connectivity index (χ0n) is 5.89. The molecule has 2 rings (SSSR count). The number of carbonyl (C=O) groups is 1. The van der Waals surface area contributed by atoms with Gasteiger partial charge in [-0.25, -0.2) is 0 Å². The molecule has 0 spiro atoms. The fourth-order valence-corrected chi connectivity index (χ4v) is 1.97.